The van der Waals surface area contributed by atoms with Gasteiger partial charge in [-0.25, -0.2) is 4.98 Å². The highest BCUT2D eigenvalue weighted by atomic mass is 19.4. The molecule has 4 N–H and O–H groups in total. The van der Waals surface area contributed by atoms with E-state index in [1.807, 2.05) is 0 Å². The van der Waals surface area contributed by atoms with Gasteiger partial charge in [0, 0.05) is 12.1 Å². The largest absolute Gasteiger partial charge is 0.573 e. The van der Waals surface area contributed by atoms with Gasteiger partial charge in [-0.2, -0.15) is 5.26 Å². The molecule has 0 radical (unpaired) electrons. The average Bonchev–Trinajstić information content (AvgIpc) is 2.18. The second-order valence-corrected chi connectivity index (χ2v) is 2.74. The summed E-state index contributed by atoms with van der Waals surface area (Å²) >= 11 is 0. The molecule has 0 bridgehead atoms. The molecule has 0 unspecified atom stereocenters. The number of hydrogen-bond donors (Lipinski definition) is 2. The van der Waals surface area contributed by atoms with E-state index in [-0.39, 0.29) is 17.9 Å². The van der Waals surface area contributed by atoms with Crippen LogP contribution < -0.4 is 16.2 Å². The molecule has 16 heavy (non-hydrogen) atoms. The van der Waals surface area contributed by atoms with Crippen LogP contribution in [0.25, 0.3) is 0 Å². The van der Waals surface area contributed by atoms with Crippen molar-refractivity contribution >= 4 is 5.82 Å². The summed E-state index contributed by atoms with van der Waals surface area (Å²) in [6, 6.07) is 2.41. The van der Waals surface area contributed by atoms with Crippen LogP contribution in [0.1, 0.15) is 11.3 Å². The van der Waals surface area contributed by atoms with Crippen LogP contribution >= 0.6 is 0 Å². The number of nitriles is 1. The maximum atomic E-state index is 12.0. The molecule has 0 aliphatic rings. The van der Waals surface area contributed by atoms with E-state index in [9.17, 15) is 13.2 Å². The molecule has 1 aromatic heterocycles. The van der Waals surface area contributed by atoms with Crippen LogP contribution in [0.3, 0.4) is 0 Å². The average molecular weight is 232 g/mol. The van der Waals surface area contributed by atoms with E-state index in [2.05, 4.69) is 9.72 Å². The lowest BCUT2D eigenvalue weighted by Crippen LogP contribution is -2.19. The second-order valence-electron chi connectivity index (χ2n) is 2.74. The van der Waals surface area contributed by atoms with Gasteiger partial charge in [0.2, 0.25) is 0 Å². The first-order chi connectivity index (χ1) is 7.37. The zero-order valence-electron chi connectivity index (χ0n) is 7.88. The van der Waals surface area contributed by atoms with Gasteiger partial charge in [0.1, 0.15) is 11.9 Å². The Morgan fingerprint density at radius 1 is 1.50 bits per heavy atom. The summed E-state index contributed by atoms with van der Waals surface area (Å²) in [4.78, 5) is 3.46. The molecule has 0 aromatic carbocycles. The van der Waals surface area contributed by atoms with E-state index < -0.39 is 17.8 Å². The fourth-order valence-electron chi connectivity index (χ4n) is 0.994. The third-order valence-corrected chi connectivity index (χ3v) is 1.65. The highest BCUT2D eigenvalue weighted by Crippen LogP contribution is 2.27. The van der Waals surface area contributed by atoms with Crippen molar-refractivity contribution in [1.82, 2.24) is 4.98 Å². The summed E-state index contributed by atoms with van der Waals surface area (Å²) in [5, 5.41) is 8.56. The molecular weight excluding hydrogens is 225 g/mol. The minimum atomic E-state index is -4.89. The highest BCUT2D eigenvalue weighted by Gasteiger charge is 2.32. The van der Waals surface area contributed by atoms with Gasteiger partial charge in [-0.15, -0.1) is 13.2 Å². The summed E-state index contributed by atoms with van der Waals surface area (Å²) in [5.74, 6) is -0.793. The van der Waals surface area contributed by atoms with E-state index in [0.29, 0.717) is 0 Å². The highest BCUT2D eigenvalue weighted by molar-refractivity contribution is 5.50. The van der Waals surface area contributed by atoms with Crippen molar-refractivity contribution in [2.75, 3.05) is 5.73 Å². The van der Waals surface area contributed by atoms with Crippen LogP contribution in [-0.4, -0.2) is 11.3 Å². The standard InChI is InChI=1S/C8H7F3N4O/c9-8(10,11)16-6-1-4(2-12)7(14)15-5(6)3-13/h1H,2,12H2,(H2,14,15). The predicted octanol–water partition coefficient (Wildman–Crippen LogP) is 0.893. The van der Waals surface area contributed by atoms with Gasteiger partial charge in [0.15, 0.2) is 11.4 Å². The van der Waals surface area contributed by atoms with E-state index in [1.54, 1.807) is 0 Å². The molecule has 8 heteroatoms. The van der Waals surface area contributed by atoms with Gasteiger partial charge < -0.3 is 16.2 Å². The number of nitrogens with zero attached hydrogens (tertiary/aromatic N) is 2. The number of alkyl halides is 3. The molecule has 0 amide bonds. The SMILES string of the molecule is N#Cc1nc(N)c(CN)cc1OC(F)(F)F. The number of anilines is 1. The fraction of sp³-hybridized carbons (Fsp3) is 0.250. The van der Waals surface area contributed by atoms with Crippen LogP contribution in [0.15, 0.2) is 6.07 Å². The first-order valence-electron chi connectivity index (χ1n) is 4.02. The van der Waals surface area contributed by atoms with Crippen LogP contribution in [0.4, 0.5) is 19.0 Å². The first-order valence-corrected chi connectivity index (χ1v) is 4.02. The van der Waals surface area contributed by atoms with Gasteiger partial charge in [0.25, 0.3) is 0 Å². The maximum absolute atomic E-state index is 12.0. The molecule has 0 saturated carbocycles. The number of nitrogen functional groups attached to an aromatic ring is 1. The van der Waals surface area contributed by atoms with Crippen LogP contribution in [-0.2, 0) is 6.54 Å². The Hall–Kier alpha value is -2.01. The Labute approximate surface area is 88.4 Å². The number of rotatable bonds is 2. The molecule has 0 aliphatic carbocycles. The van der Waals surface area contributed by atoms with Gasteiger partial charge in [-0.05, 0) is 6.07 Å². The summed E-state index contributed by atoms with van der Waals surface area (Å²) in [7, 11) is 0. The third kappa shape index (κ3) is 2.74. The lowest BCUT2D eigenvalue weighted by Gasteiger charge is -2.11. The van der Waals surface area contributed by atoms with Crippen molar-refractivity contribution in [1.29, 1.82) is 5.26 Å². The van der Waals surface area contributed by atoms with E-state index in [0.717, 1.165) is 6.07 Å². The smallest absolute Gasteiger partial charge is 0.403 e. The lowest BCUT2D eigenvalue weighted by atomic mass is 10.2. The zero-order valence-corrected chi connectivity index (χ0v) is 7.88. The zero-order chi connectivity index (χ0) is 12.3. The van der Waals surface area contributed by atoms with Crippen molar-refractivity contribution in [3.05, 3.63) is 17.3 Å². The van der Waals surface area contributed by atoms with Crippen molar-refractivity contribution in [3.8, 4) is 11.8 Å². The van der Waals surface area contributed by atoms with Gasteiger partial charge in [-0.3, -0.25) is 0 Å². The summed E-state index contributed by atoms with van der Waals surface area (Å²) in [6.45, 7) is -0.0985. The van der Waals surface area contributed by atoms with Gasteiger partial charge in [-0.1, -0.05) is 0 Å². The summed E-state index contributed by atoms with van der Waals surface area (Å²) in [5.41, 5.74) is 10.2. The Balaban J connectivity index is 3.21. The van der Waals surface area contributed by atoms with Crippen molar-refractivity contribution in [2.45, 2.75) is 12.9 Å². The van der Waals surface area contributed by atoms with Crippen LogP contribution in [0.5, 0.6) is 5.75 Å². The molecule has 0 fully saturated rings. The topological polar surface area (TPSA) is 98.0 Å². The van der Waals surface area contributed by atoms with Crippen LogP contribution in [0.2, 0.25) is 0 Å². The molecular formula is C8H7F3N4O. The Bertz CT molecular complexity index is 438. The van der Waals surface area contributed by atoms with E-state index in [1.165, 1.54) is 6.07 Å². The van der Waals surface area contributed by atoms with Crippen molar-refractivity contribution in [2.24, 2.45) is 5.73 Å². The fourth-order valence-corrected chi connectivity index (χ4v) is 0.994. The monoisotopic (exact) mass is 232 g/mol. The number of aromatic nitrogens is 1. The molecule has 86 valence electrons. The number of ether oxygens (including phenoxy) is 1. The number of hydrogen-bond acceptors (Lipinski definition) is 5. The minimum Gasteiger partial charge on any atom is -0.403 e. The quantitative estimate of drug-likeness (QED) is 0.789. The molecule has 1 aromatic rings. The molecule has 0 saturated heterocycles. The second kappa shape index (κ2) is 4.24. The van der Waals surface area contributed by atoms with E-state index in [4.69, 9.17) is 16.7 Å². The third-order valence-electron chi connectivity index (χ3n) is 1.65. The summed E-state index contributed by atoms with van der Waals surface area (Å²) < 4.78 is 39.5. The molecule has 1 rings (SSSR count). The lowest BCUT2D eigenvalue weighted by molar-refractivity contribution is -0.274. The first kappa shape index (κ1) is 12.1. The normalized spacial score (nSPS) is 10.9. The Kier molecular flexibility index (Phi) is 3.20. The molecule has 0 atom stereocenters. The van der Waals surface area contributed by atoms with Gasteiger partial charge in [0.05, 0.1) is 0 Å². The molecule has 1 heterocycles. The van der Waals surface area contributed by atoms with Gasteiger partial charge >= 0.3 is 6.36 Å². The molecule has 5 nitrogen and oxygen atoms in total. The molecule has 0 spiro atoms. The predicted molar refractivity (Wildman–Crippen MR) is 47.9 cm³/mol. The minimum absolute atomic E-state index is 0.0893. The molecule has 0 aliphatic heterocycles. The number of pyridine rings is 1. The number of halogens is 3. The van der Waals surface area contributed by atoms with E-state index >= 15 is 0 Å². The maximum Gasteiger partial charge on any atom is 0.573 e. The van der Waals surface area contributed by atoms with Crippen molar-refractivity contribution in [3.63, 3.8) is 0 Å². The Morgan fingerprint density at radius 3 is 2.56 bits per heavy atom. The summed E-state index contributed by atoms with van der Waals surface area (Å²) in [6.07, 6.45) is -4.89. The Morgan fingerprint density at radius 2 is 2.12 bits per heavy atom. The van der Waals surface area contributed by atoms with Crippen molar-refractivity contribution < 1.29 is 17.9 Å². The number of nitrogens with two attached hydrogens (primary N) is 2. The van der Waals surface area contributed by atoms with Crippen LogP contribution in [0, 0.1) is 11.3 Å².